The molecule has 5 heteroatoms. The molecule has 0 fully saturated rings. The van der Waals surface area contributed by atoms with Crippen LogP contribution in [0.1, 0.15) is 12.0 Å². The van der Waals surface area contributed by atoms with E-state index in [0.29, 0.717) is 18.1 Å². The van der Waals surface area contributed by atoms with Crippen LogP contribution >= 0.6 is 11.6 Å². The van der Waals surface area contributed by atoms with Crippen LogP contribution in [0.5, 0.6) is 5.75 Å². The Kier molecular flexibility index (Phi) is 4.82. The Morgan fingerprint density at radius 1 is 1.26 bits per heavy atom. The number of aliphatic hydroxyl groups is 2. The van der Waals surface area contributed by atoms with E-state index in [2.05, 4.69) is 0 Å². The fourth-order valence-corrected chi connectivity index (χ4v) is 2.22. The summed E-state index contributed by atoms with van der Waals surface area (Å²) >= 11 is 6.00. The van der Waals surface area contributed by atoms with Gasteiger partial charge in [0.05, 0.1) is 19.8 Å². The molecule has 1 aliphatic rings. The average molecular weight is 285 g/mol. The number of halogens is 1. The summed E-state index contributed by atoms with van der Waals surface area (Å²) in [6.45, 7) is 0.308. The van der Waals surface area contributed by atoms with Gasteiger partial charge in [0.25, 0.3) is 0 Å². The number of hydrogen-bond donors (Lipinski definition) is 2. The largest absolute Gasteiger partial charge is 0.497 e. The lowest BCUT2D eigenvalue weighted by molar-refractivity contribution is -0.0815. The fourth-order valence-electron chi connectivity index (χ4n) is 1.94. The van der Waals surface area contributed by atoms with Gasteiger partial charge < -0.3 is 19.7 Å². The van der Waals surface area contributed by atoms with E-state index in [4.69, 9.17) is 21.1 Å². The first-order valence-electron chi connectivity index (χ1n) is 6.08. The van der Waals surface area contributed by atoms with Crippen LogP contribution in [0.3, 0.4) is 0 Å². The quantitative estimate of drug-likeness (QED) is 0.886. The monoisotopic (exact) mass is 284 g/mol. The Morgan fingerprint density at radius 2 is 1.95 bits per heavy atom. The minimum atomic E-state index is -0.990. The van der Waals surface area contributed by atoms with E-state index in [9.17, 15) is 10.2 Å². The van der Waals surface area contributed by atoms with Gasteiger partial charge in [-0.25, -0.2) is 0 Å². The molecule has 0 aliphatic heterocycles. The zero-order valence-corrected chi connectivity index (χ0v) is 11.4. The highest BCUT2D eigenvalue weighted by molar-refractivity contribution is 6.30. The number of rotatable bonds is 4. The summed E-state index contributed by atoms with van der Waals surface area (Å²) in [7, 11) is 1.61. The first kappa shape index (κ1) is 14.3. The molecule has 19 heavy (non-hydrogen) atoms. The molecule has 0 heterocycles. The second-order valence-corrected chi connectivity index (χ2v) is 4.90. The summed E-state index contributed by atoms with van der Waals surface area (Å²) in [6, 6.07) is 7.43. The summed E-state index contributed by atoms with van der Waals surface area (Å²) in [5.74, 6) is 0.773. The van der Waals surface area contributed by atoms with E-state index in [-0.39, 0.29) is 0 Å². The summed E-state index contributed by atoms with van der Waals surface area (Å²) in [5, 5.41) is 19.9. The van der Waals surface area contributed by atoms with Crippen LogP contribution in [0, 0.1) is 0 Å². The third kappa shape index (κ3) is 3.48. The summed E-state index contributed by atoms with van der Waals surface area (Å²) < 4.78 is 10.7. The summed E-state index contributed by atoms with van der Waals surface area (Å²) in [4.78, 5) is 0. The lowest BCUT2D eigenvalue weighted by Gasteiger charge is -2.30. The van der Waals surface area contributed by atoms with Gasteiger partial charge in [-0.1, -0.05) is 29.8 Å². The summed E-state index contributed by atoms with van der Waals surface area (Å²) in [5.41, 5.74) is 0.942. The van der Waals surface area contributed by atoms with Crippen LogP contribution in [0.2, 0.25) is 0 Å². The van der Waals surface area contributed by atoms with E-state index < -0.39 is 18.3 Å². The second-order valence-electron chi connectivity index (χ2n) is 4.46. The van der Waals surface area contributed by atoms with Crippen molar-refractivity contribution in [2.75, 3.05) is 7.11 Å². The van der Waals surface area contributed by atoms with Gasteiger partial charge in [-0.3, -0.25) is 0 Å². The topological polar surface area (TPSA) is 58.9 Å². The van der Waals surface area contributed by atoms with E-state index >= 15 is 0 Å². The molecule has 0 aromatic heterocycles. The first-order chi connectivity index (χ1) is 9.11. The van der Waals surface area contributed by atoms with Crippen molar-refractivity contribution in [2.45, 2.75) is 31.3 Å². The third-order valence-corrected chi connectivity index (χ3v) is 3.49. The number of benzene rings is 1. The van der Waals surface area contributed by atoms with Crippen LogP contribution in [0.4, 0.5) is 0 Å². The van der Waals surface area contributed by atoms with Gasteiger partial charge in [0.1, 0.15) is 18.0 Å². The Labute approximate surface area is 117 Å². The number of hydrogen-bond acceptors (Lipinski definition) is 4. The molecule has 1 aromatic rings. The van der Waals surface area contributed by atoms with Crippen molar-refractivity contribution in [1.29, 1.82) is 0 Å². The standard InChI is InChI=1S/C14H17ClO4/c1-18-10-4-2-9(3-5-10)8-19-14-11(15)6-7-12(16)13(14)17/h2-6,12-14,16-17H,7-8H2,1H3/t12-,13+,14-/m1/s1. The van der Waals surface area contributed by atoms with Crippen LogP contribution in [-0.2, 0) is 11.3 Å². The first-order valence-corrected chi connectivity index (χ1v) is 6.46. The predicted octanol–water partition coefficient (Wildman–Crippen LogP) is 1.83. The van der Waals surface area contributed by atoms with Crippen LogP contribution in [0.25, 0.3) is 0 Å². The highest BCUT2D eigenvalue weighted by Crippen LogP contribution is 2.26. The molecule has 1 aromatic carbocycles. The van der Waals surface area contributed by atoms with Gasteiger partial charge in [0.15, 0.2) is 0 Å². The van der Waals surface area contributed by atoms with Crippen molar-refractivity contribution in [1.82, 2.24) is 0 Å². The summed E-state index contributed by atoms with van der Waals surface area (Å²) in [6.07, 6.45) is -0.466. The van der Waals surface area contributed by atoms with Crippen LogP contribution in [0.15, 0.2) is 35.4 Å². The van der Waals surface area contributed by atoms with E-state index in [1.165, 1.54) is 0 Å². The van der Waals surface area contributed by atoms with Crippen molar-refractivity contribution < 1.29 is 19.7 Å². The molecule has 0 radical (unpaired) electrons. The predicted molar refractivity (Wildman–Crippen MR) is 72.1 cm³/mol. The molecule has 2 N–H and O–H groups in total. The maximum atomic E-state index is 9.85. The van der Waals surface area contributed by atoms with Crippen molar-refractivity contribution in [2.24, 2.45) is 0 Å². The van der Waals surface area contributed by atoms with Crippen molar-refractivity contribution in [3.8, 4) is 5.75 Å². The zero-order valence-electron chi connectivity index (χ0n) is 10.6. The molecule has 4 nitrogen and oxygen atoms in total. The smallest absolute Gasteiger partial charge is 0.121 e. The SMILES string of the molecule is COc1ccc(CO[C@@H]2C(Cl)=CC[C@@H](O)[C@@H]2O)cc1. The highest BCUT2D eigenvalue weighted by atomic mass is 35.5. The minimum absolute atomic E-state index is 0.308. The van der Waals surface area contributed by atoms with Gasteiger partial charge in [-0.05, 0) is 24.1 Å². The normalized spacial score (nSPS) is 26.9. The molecule has 0 amide bonds. The van der Waals surface area contributed by atoms with Crippen LogP contribution in [-0.4, -0.2) is 35.6 Å². The highest BCUT2D eigenvalue weighted by Gasteiger charge is 2.32. The Hall–Kier alpha value is -1.07. The average Bonchev–Trinajstić information content (AvgIpc) is 2.44. The van der Waals surface area contributed by atoms with Crippen molar-refractivity contribution in [3.63, 3.8) is 0 Å². The van der Waals surface area contributed by atoms with Gasteiger partial charge in [0.2, 0.25) is 0 Å². The molecular formula is C14H17ClO4. The molecule has 1 aliphatic carbocycles. The lowest BCUT2D eigenvalue weighted by Crippen LogP contribution is -2.41. The molecule has 0 saturated heterocycles. The molecule has 0 spiro atoms. The Bertz CT molecular complexity index is 443. The minimum Gasteiger partial charge on any atom is -0.497 e. The third-order valence-electron chi connectivity index (χ3n) is 3.12. The number of aliphatic hydroxyl groups excluding tert-OH is 2. The molecule has 2 rings (SSSR count). The molecule has 0 unspecified atom stereocenters. The molecule has 0 saturated carbocycles. The molecule has 104 valence electrons. The van der Waals surface area contributed by atoms with Crippen molar-refractivity contribution in [3.05, 3.63) is 40.9 Å². The molecular weight excluding hydrogens is 268 g/mol. The van der Waals surface area contributed by atoms with Gasteiger partial charge in [0, 0.05) is 5.03 Å². The van der Waals surface area contributed by atoms with Gasteiger partial charge >= 0.3 is 0 Å². The van der Waals surface area contributed by atoms with Gasteiger partial charge in [-0.15, -0.1) is 0 Å². The van der Waals surface area contributed by atoms with E-state index in [1.54, 1.807) is 13.2 Å². The molecule has 0 bridgehead atoms. The Balaban J connectivity index is 1.97. The lowest BCUT2D eigenvalue weighted by atomic mass is 9.98. The maximum absolute atomic E-state index is 9.85. The number of methoxy groups -OCH3 is 1. The van der Waals surface area contributed by atoms with E-state index in [0.717, 1.165) is 11.3 Å². The number of ether oxygens (including phenoxy) is 2. The molecule has 3 atom stereocenters. The maximum Gasteiger partial charge on any atom is 0.121 e. The fraction of sp³-hybridized carbons (Fsp3) is 0.429. The van der Waals surface area contributed by atoms with Gasteiger partial charge in [-0.2, -0.15) is 0 Å². The Morgan fingerprint density at radius 3 is 2.58 bits per heavy atom. The van der Waals surface area contributed by atoms with E-state index in [1.807, 2.05) is 24.3 Å². The van der Waals surface area contributed by atoms with Crippen molar-refractivity contribution >= 4 is 11.6 Å². The zero-order chi connectivity index (χ0) is 13.8. The second kappa shape index (κ2) is 6.39. The van der Waals surface area contributed by atoms with Crippen LogP contribution < -0.4 is 4.74 Å².